The van der Waals surface area contributed by atoms with Crippen molar-refractivity contribution >= 4 is 5.91 Å². The molecule has 1 aliphatic carbocycles. The third-order valence-electron chi connectivity index (χ3n) is 3.49. The van der Waals surface area contributed by atoms with Crippen LogP contribution in [-0.4, -0.2) is 29.4 Å². The van der Waals surface area contributed by atoms with Crippen molar-refractivity contribution in [3.63, 3.8) is 0 Å². The van der Waals surface area contributed by atoms with Crippen molar-refractivity contribution in [1.29, 1.82) is 0 Å². The van der Waals surface area contributed by atoms with Gasteiger partial charge in [0.25, 0.3) is 0 Å². The number of nitrogens with two attached hydrogens (primary N) is 1. The summed E-state index contributed by atoms with van der Waals surface area (Å²) in [6, 6.07) is 0.766. The Morgan fingerprint density at radius 1 is 1.36 bits per heavy atom. The van der Waals surface area contributed by atoms with E-state index in [0.29, 0.717) is 23.9 Å². The molecule has 0 aromatic rings. The maximum atomic E-state index is 11.9. The van der Waals surface area contributed by atoms with Crippen molar-refractivity contribution in [2.75, 3.05) is 6.54 Å². The summed E-state index contributed by atoms with van der Waals surface area (Å²) in [7, 11) is 0. The minimum absolute atomic E-state index is 0.130. The molecule has 2 N–H and O–H groups in total. The summed E-state index contributed by atoms with van der Waals surface area (Å²) in [5, 5.41) is 0. The van der Waals surface area contributed by atoms with Gasteiger partial charge in [0.05, 0.1) is 0 Å². The minimum atomic E-state index is 0.130. The molecule has 2 fully saturated rings. The van der Waals surface area contributed by atoms with Crippen LogP contribution in [0, 0.1) is 11.8 Å². The van der Waals surface area contributed by atoms with Crippen LogP contribution < -0.4 is 5.73 Å². The Labute approximate surface area is 85.6 Å². The number of carbonyl (C=O) groups excluding carboxylic acids is 1. The highest BCUT2D eigenvalue weighted by atomic mass is 16.2. The zero-order valence-corrected chi connectivity index (χ0v) is 9.07. The lowest BCUT2D eigenvalue weighted by Gasteiger charge is -2.28. The molecule has 1 saturated heterocycles. The normalized spacial score (nSPS) is 36.6. The van der Waals surface area contributed by atoms with Gasteiger partial charge in [0.1, 0.15) is 0 Å². The summed E-state index contributed by atoms with van der Waals surface area (Å²) >= 11 is 0. The molecule has 1 saturated carbocycles. The van der Waals surface area contributed by atoms with Crippen molar-refractivity contribution in [2.24, 2.45) is 17.6 Å². The van der Waals surface area contributed by atoms with Crippen LogP contribution in [0.1, 0.15) is 33.1 Å². The van der Waals surface area contributed by atoms with Crippen LogP contribution in [0.25, 0.3) is 0 Å². The van der Waals surface area contributed by atoms with Crippen LogP contribution in [0.4, 0.5) is 0 Å². The van der Waals surface area contributed by atoms with E-state index in [1.807, 2.05) is 13.8 Å². The van der Waals surface area contributed by atoms with Crippen LogP contribution in [0.5, 0.6) is 0 Å². The van der Waals surface area contributed by atoms with Gasteiger partial charge < -0.3 is 10.6 Å². The zero-order chi connectivity index (χ0) is 10.3. The second kappa shape index (κ2) is 3.54. The van der Waals surface area contributed by atoms with Gasteiger partial charge in [-0.3, -0.25) is 4.79 Å². The van der Waals surface area contributed by atoms with Gasteiger partial charge in [0.15, 0.2) is 0 Å². The van der Waals surface area contributed by atoms with Crippen LogP contribution in [0.3, 0.4) is 0 Å². The predicted octanol–water partition coefficient (Wildman–Crippen LogP) is 0.981. The molecular formula is C11H20N2O. The smallest absolute Gasteiger partial charge is 0.225 e. The molecule has 0 aromatic carbocycles. The van der Waals surface area contributed by atoms with Gasteiger partial charge in [-0.15, -0.1) is 0 Å². The molecule has 2 rings (SSSR count). The Balaban J connectivity index is 2.06. The lowest BCUT2D eigenvalue weighted by atomic mass is 9.87. The number of amides is 1. The standard InChI is InChI=1S/C11H20N2O/c1-7(2)11(14)13-6-8-3-9(12)5-10(13)4-8/h7-10H,3-6,12H2,1-2H3. The maximum Gasteiger partial charge on any atom is 0.225 e. The average molecular weight is 196 g/mol. The Bertz CT molecular complexity index is 239. The topological polar surface area (TPSA) is 46.3 Å². The molecule has 3 nitrogen and oxygen atoms in total. The summed E-state index contributed by atoms with van der Waals surface area (Å²) in [6.07, 6.45) is 3.31. The third-order valence-corrected chi connectivity index (χ3v) is 3.49. The first kappa shape index (κ1) is 9.97. The first-order valence-electron chi connectivity index (χ1n) is 5.64. The molecule has 1 heterocycles. The fourth-order valence-corrected chi connectivity index (χ4v) is 2.88. The average Bonchev–Trinajstić information content (AvgIpc) is 2.40. The van der Waals surface area contributed by atoms with Gasteiger partial charge in [0, 0.05) is 24.5 Å². The van der Waals surface area contributed by atoms with Gasteiger partial charge in [-0.1, -0.05) is 13.8 Å². The summed E-state index contributed by atoms with van der Waals surface area (Å²) in [4.78, 5) is 14.0. The lowest BCUT2D eigenvalue weighted by Crippen LogP contribution is -2.40. The van der Waals surface area contributed by atoms with Crippen LogP contribution in [0.15, 0.2) is 0 Å². The van der Waals surface area contributed by atoms with Gasteiger partial charge in [-0.05, 0) is 25.2 Å². The fraction of sp³-hybridized carbons (Fsp3) is 0.909. The second-order valence-corrected chi connectivity index (χ2v) is 5.13. The molecule has 0 aromatic heterocycles. The second-order valence-electron chi connectivity index (χ2n) is 5.13. The molecule has 3 unspecified atom stereocenters. The van der Waals surface area contributed by atoms with Gasteiger partial charge in [-0.2, -0.15) is 0 Å². The Morgan fingerprint density at radius 2 is 2.07 bits per heavy atom. The number of carbonyl (C=O) groups is 1. The predicted molar refractivity (Wildman–Crippen MR) is 55.7 cm³/mol. The highest BCUT2D eigenvalue weighted by Crippen LogP contribution is 2.35. The van der Waals surface area contributed by atoms with Crippen molar-refractivity contribution in [2.45, 2.75) is 45.2 Å². The monoisotopic (exact) mass is 196 g/mol. The van der Waals surface area contributed by atoms with Crippen LogP contribution >= 0.6 is 0 Å². The molecule has 3 atom stereocenters. The first-order chi connectivity index (χ1) is 6.58. The van der Waals surface area contributed by atoms with Gasteiger partial charge >= 0.3 is 0 Å². The number of nitrogens with zero attached hydrogens (tertiary/aromatic N) is 1. The quantitative estimate of drug-likeness (QED) is 0.679. The summed E-state index contributed by atoms with van der Waals surface area (Å²) < 4.78 is 0. The van der Waals surface area contributed by atoms with E-state index in [9.17, 15) is 4.79 Å². The van der Waals surface area contributed by atoms with E-state index in [2.05, 4.69) is 4.90 Å². The number of hydrogen-bond acceptors (Lipinski definition) is 2. The molecule has 2 aliphatic rings. The molecule has 0 spiro atoms. The number of hydrogen-bond donors (Lipinski definition) is 1. The number of likely N-dealkylation sites (tertiary alicyclic amines) is 1. The highest BCUT2D eigenvalue weighted by molar-refractivity contribution is 5.78. The molecule has 14 heavy (non-hydrogen) atoms. The van der Waals surface area contributed by atoms with Crippen LogP contribution in [-0.2, 0) is 4.79 Å². The fourth-order valence-electron chi connectivity index (χ4n) is 2.88. The van der Waals surface area contributed by atoms with Gasteiger partial charge in [0.2, 0.25) is 5.91 Å². The molecule has 3 heteroatoms. The van der Waals surface area contributed by atoms with Gasteiger partial charge in [-0.25, -0.2) is 0 Å². The summed E-state index contributed by atoms with van der Waals surface area (Å²) in [5.74, 6) is 1.11. The van der Waals surface area contributed by atoms with E-state index in [1.54, 1.807) is 0 Å². The molecule has 1 amide bonds. The molecule has 0 radical (unpaired) electrons. The number of rotatable bonds is 1. The Hall–Kier alpha value is -0.570. The van der Waals surface area contributed by atoms with Crippen molar-refractivity contribution < 1.29 is 4.79 Å². The SMILES string of the molecule is CC(C)C(=O)N1CC2CC(N)CC1C2. The van der Waals surface area contributed by atoms with Crippen molar-refractivity contribution in [1.82, 2.24) is 4.90 Å². The van der Waals surface area contributed by atoms with E-state index in [1.165, 1.54) is 6.42 Å². The minimum Gasteiger partial charge on any atom is -0.339 e. The highest BCUT2D eigenvalue weighted by Gasteiger charge is 2.40. The Kier molecular flexibility index (Phi) is 2.52. The van der Waals surface area contributed by atoms with E-state index in [-0.39, 0.29) is 5.92 Å². The van der Waals surface area contributed by atoms with E-state index >= 15 is 0 Å². The van der Waals surface area contributed by atoms with Crippen molar-refractivity contribution in [3.05, 3.63) is 0 Å². The molecule has 80 valence electrons. The molecular weight excluding hydrogens is 176 g/mol. The number of fused-ring (bicyclic) bond motifs is 2. The van der Waals surface area contributed by atoms with E-state index in [4.69, 9.17) is 5.73 Å². The first-order valence-corrected chi connectivity index (χ1v) is 5.64. The van der Waals surface area contributed by atoms with Crippen LogP contribution in [0.2, 0.25) is 0 Å². The van der Waals surface area contributed by atoms with E-state index in [0.717, 1.165) is 19.4 Å². The van der Waals surface area contributed by atoms with E-state index < -0.39 is 0 Å². The Morgan fingerprint density at radius 3 is 2.71 bits per heavy atom. The van der Waals surface area contributed by atoms with Crippen molar-refractivity contribution in [3.8, 4) is 0 Å². The largest absolute Gasteiger partial charge is 0.339 e. The molecule has 1 aliphatic heterocycles. The molecule has 2 bridgehead atoms. The lowest BCUT2D eigenvalue weighted by molar-refractivity contribution is -0.135. The maximum absolute atomic E-state index is 11.9. The third kappa shape index (κ3) is 1.65. The zero-order valence-electron chi connectivity index (χ0n) is 9.07. The summed E-state index contributed by atoms with van der Waals surface area (Å²) in [6.45, 7) is 4.91. The summed E-state index contributed by atoms with van der Waals surface area (Å²) in [5.41, 5.74) is 5.96.